The van der Waals surface area contributed by atoms with Crippen LogP contribution >= 0.6 is 15.9 Å². The molecule has 0 atom stereocenters. The van der Waals surface area contributed by atoms with Crippen LogP contribution in [-0.4, -0.2) is 20.1 Å². The Morgan fingerprint density at radius 3 is 2.48 bits per heavy atom. The zero-order valence-electron chi connectivity index (χ0n) is 13.8. The predicted octanol–water partition coefficient (Wildman–Crippen LogP) is 3.76. The van der Waals surface area contributed by atoms with Crippen LogP contribution in [0.2, 0.25) is 0 Å². The quantitative estimate of drug-likeness (QED) is 0.568. The molecule has 0 fully saturated rings. The van der Waals surface area contributed by atoms with Crippen LogP contribution in [0.5, 0.6) is 0 Å². The number of ketones is 1. The summed E-state index contributed by atoms with van der Waals surface area (Å²) in [7, 11) is 0. The number of carbonyl (C=O) groups excluding carboxylic acids is 1. The highest BCUT2D eigenvalue weighted by Crippen LogP contribution is 2.32. The number of hydrogen-bond acceptors (Lipinski definition) is 3. The van der Waals surface area contributed by atoms with Crippen LogP contribution in [-0.2, 0) is 19.3 Å². The molecule has 0 aliphatic carbocycles. The van der Waals surface area contributed by atoms with Crippen LogP contribution in [0.1, 0.15) is 21.6 Å². The van der Waals surface area contributed by atoms with Crippen molar-refractivity contribution in [2.24, 2.45) is 0 Å². The lowest BCUT2D eigenvalue weighted by molar-refractivity contribution is -0.144. The summed E-state index contributed by atoms with van der Waals surface area (Å²) in [4.78, 5) is 24.3. The summed E-state index contributed by atoms with van der Waals surface area (Å²) < 4.78 is 43.1. The molecule has 2 aromatic heterocycles. The molecule has 0 N–H and O–H groups in total. The molecule has 0 radical (unpaired) electrons. The average molecular weight is 440 g/mol. The van der Waals surface area contributed by atoms with Gasteiger partial charge in [-0.05, 0) is 27.6 Å². The first kappa shape index (κ1) is 19.1. The van der Waals surface area contributed by atoms with Gasteiger partial charge in [-0.15, -0.1) is 0 Å². The molecule has 0 aliphatic heterocycles. The highest BCUT2D eigenvalue weighted by molar-refractivity contribution is 9.10. The molecule has 1 aromatic carbocycles. The van der Waals surface area contributed by atoms with Crippen molar-refractivity contribution in [1.82, 2.24) is 14.3 Å². The van der Waals surface area contributed by atoms with Crippen molar-refractivity contribution in [3.05, 3.63) is 86.5 Å². The molecule has 2 heterocycles. The van der Waals surface area contributed by atoms with Gasteiger partial charge in [0.25, 0.3) is 5.56 Å². The smallest absolute Gasteiger partial charge is 0.307 e. The molecule has 0 saturated heterocycles. The number of pyridine rings is 1. The van der Waals surface area contributed by atoms with Gasteiger partial charge < -0.3 is 4.57 Å². The number of carbonyl (C=O) groups is 1. The second-order valence-corrected chi connectivity index (χ2v) is 6.70. The van der Waals surface area contributed by atoms with E-state index in [2.05, 4.69) is 21.0 Å². The fraction of sp³-hybridized carbons (Fsp3) is 0.167. The minimum atomic E-state index is -4.77. The SMILES string of the molecule is O=C(Cn1cc(Br)ccc1=O)c1cnn(Cc2ccccc2)c1C(F)(F)F. The van der Waals surface area contributed by atoms with Crippen LogP contribution in [0, 0.1) is 0 Å². The first-order valence-corrected chi connectivity index (χ1v) is 8.61. The van der Waals surface area contributed by atoms with E-state index in [-0.39, 0.29) is 6.54 Å². The molecule has 5 nitrogen and oxygen atoms in total. The molecular formula is C18H13BrF3N3O2. The Balaban J connectivity index is 1.96. The standard InChI is InChI=1S/C18H13BrF3N3O2/c19-13-6-7-16(27)24(10-13)11-15(26)14-8-23-25(17(14)18(20,21)22)9-12-4-2-1-3-5-12/h1-8,10H,9,11H2. The lowest BCUT2D eigenvalue weighted by Crippen LogP contribution is -2.25. The predicted molar refractivity (Wildman–Crippen MR) is 95.5 cm³/mol. The Labute approximate surface area is 160 Å². The van der Waals surface area contributed by atoms with E-state index in [0.29, 0.717) is 10.0 Å². The zero-order valence-corrected chi connectivity index (χ0v) is 15.4. The van der Waals surface area contributed by atoms with Gasteiger partial charge in [-0.25, -0.2) is 0 Å². The molecule has 0 unspecified atom stereocenters. The van der Waals surface area contributed by atoms with Gasteiger partial charge in [-0.2, -0.15) is 18.3 Å². The molecule has 140 valence electrons. The first-order valence-electron chi connectivity index (χ1n) is 7.82. The Morgan fingerprint density at radius 2 is 1.81 bits per heavy atom. The van der Waals surface area contributed by atoms with E-state index < -0.39 is 35.3 Å². The molecule has 0 spiro atoms. The maximum atomic E-state index is 13.6. The highest BCUT2D eigenvalue weighted by Gasteiger charge is 2.40. The van der Waals surface area contributed by atoms with Crippen molar-refractivity contribution < 1.29 is 18.0 Å². The first-order chi connectivity index (χ1) is 12.8. The summed E-state index contributed by atoms with van der Waals surface area (Å²) in [6, 6.07) is 11.2. The third-order valence-corrected chi connectivity index (χ3v) is 4.31. The number of benzene rings is 1. The van der Waals surface area contributed by atoms with Crippen molar-refractivity contribution in [1.29, 1.82) is 0 Å². The normalized spacial score (nSPS) is 11.6. The van der Waals surface area contributed by atoms with Crippen molar-refractivity contribution in [2.75, 3.05) is 0 Å². The minimum Gasteiger partial charge on any atom is -0.307 e. The monoisotopic (exact) mass is 439 g/mol. The number of Topliss-reactive ketones (excluding diaryl/α,β-unsaturated/α-hetero) is 1. The summed E-state index contributed by atoms with van der Waals surface area (Å²) >= 11 is 3.16. The number of aromatic nitrogens is 3. The molecule has 3 rings (SSSR count). The highest BCUT2D eigenvalue weighted by atomic mass is 79.9. The van der Waals surface area contributed by atoms with Crippen LogP contribution < -0.4 is 5.56 Å². The fourth-order valence-electron chi connectivity index (χ4n) is 2.63. The van der Waals surface area contributed by atoms with E-state index in [1.165, 1.54) is 18.3 Å². The number of halogens is 4. The van der Waals surface area contributed by atoms with Gasteiger partial charge in [-0.3, -0.25) is 14.3 Å². The molecule has 0 bridgehead atoms. The third kappa shape index (κ3) is 4.36. The second-order valence-electron chi connectivity index (χ2n) is 5.78. The molecule has 0 amide bonds. The Kier molecular flexibility index (Phi) is 5.31. The van der Waals surface area contributed by atoms with Gasteiger partial charge in [0.05, 0.1) is 24.8 Å². The third-order valence-electron chi connectivity index (χ3n) is 3.84. The number of rotatable bonds is 5. The summed E-state index contributed by atoms with van der Waals surface area (Å²) in [5, 5.41) is 3.76. The maximum absolute atomic E-state index is 13.6. The maximum Gasteiger partial charge on any atom is 0.433 e. The number of nitrogens with zero attached hydrogens (tertiary/aromatic N) is 3. The van der Waals surface area contributed by atoms with Crippen molar-refractivity contribution in [2.45, 2.75) is 19.3 Å². The summed E-state index contributed by atoms with van der Waals surface area (Å²) in [5.74, 6) is -0.846. The molecule has 27 heavy (non-hydrogen) atoms. The summed E-state index contributed by atoms with van der Waals surface area (Å²) in [6.07, 6.45) is -2.52. The molecule has 3 aromatic rings. The Bertz CT molecular complexity index is 1030. The van der Waals surface area contributed by atoms with Gasteiger partial charge in [0.2, 0.25) is 0 Å². The molecule has 0 aliphatic rings. The second kappa shape index (κ2) is 7.51. The summed E-state index contributed by atoms with van der Waals surface area (Å²) in [6.45, 7) is -0.641. The molecule has 0 saturated carbocycles. The molecular weight excluding hydrogens is 427 g/mol. The largest absolute Gasteiger partial charge is 0.433 e. The van der Waals surface area contributed by atoms with Crippen LogP contribution in [0.4, 0.5) is 13.2 Å². The topological polar surface area (TPSA) is 56.9 Å². The van der Waals surface area contributed by atoms with Crippen LogP contribution in [0.3, 0.4) is 0 Å². The van der Waals surface area contributed by atoms with Crippen molar-refractivity contribution in [3.63, 3.8) is 0 Å². The van der Waals surface area contributed by atoms with E-state index in [1.54, 1.807) is 30.3 Å². The molecule has 9 heteroatoms. The van der Waals surface area contributed by atoms with Crippen LogP contribution in [0.25, 0.3) is 0 Å². The fourth-order valence-corrected chi connectivity index (χ4v) is 3.01. The summed E-state index contributed by atoms with van der Waals surface area (Å²) in [5.41, 5.74) is -1.56. The van der Waals surface area contributed by atoms with Gasteiger partial charge in [-0.1, -0.05) is 30.3 Å². The lowest BCUT2D eigenvalue weighted by atomic mass is 10.1. The van der Waals surface area contributed by atoms with E-state index in [4.69, 9.17) is 0 Å². The van der Waals surface area contributed by atoms with E-state index in [0.717, 1.165) is 15.4 Å². The number of alkyl halides is 3. The van der Waals surface area contributed by atoms with Gasteiger partial charge in [0.15, 0.2) is 11.5 Å². The van der Waals surface area contributed by atoms with Gasteiger partial charge >= 0.3 is 6.18 Å². The zero-order chi connectivity index (χ0) is 19.6. The lowest BCUT2D eigenvalue weighted by Gasteiger charge is -2.13. The van der Waals surface area contributed by atoms with Gasteiger partial charge in [0, 0.05) is 16.7 Å². The Hall–Kier alpha value is -2.68. The van der Waals surface area contributed by atoms with Crippen molar-refractivity contribution in [3.8, 4) is 0 Å². The number of hydrogen-bond donors (Lipinski definition) is 0. The van der Waals surface area contributed by atoms with Gasteiger partial charge in [0.1, 0.15) is 0 Å². The van der Waals surface area contributed by atoms with E-state index in [1.807, 2.05) is 0 Å². The van der Waals surface area contributed by atoms with E-state index >= 15 is 0 Å². The Morgan fingerprint density at radius 1 is 1.11 bits per heavy atom. The van der Waals surface area contributed by atoms with E-state index in [9.17, 15) is 22.8 Å². The van der Waals surface area contributed by atoms with Crippen LogP contribution in [0.15, 0.2) is 64.1 Å². The minimum absolute atomic E-state index is 0.125. The van der Waals surface area contributed by atoms with Crippen molar-refractivity contribution >= 4 is 21.7 Å². The average Bonchev–Trinajstić information content (AvgIpc) is 3.03.